The third kappa shape index (κ3) is 6.06. The van der Waals surface area contributed by atoms with Crippen LogP contribution < -0.4 is 10.6 Å². The van der Waals surface area contributed by atoms with Crippen LogP contribution in [0.2, 0.25) is 0 Å². The molecule has 2 atom stereocenters. The van der Waals surface area contributed by atoms with Gasteiger partial charge in [-0.25, -0.2) is 8.42 Å². The lowest BCUT2D eigenvalue weighted by molar-refractivity contribution is -0.133. The molecule has 0 radical (unpaired) electrons. The summed E-state index contributed by atoms with van der Waals surface area (Å²) in [4.78, 5) is 25.6. The molecule has 28 heavy (non-hydrogen) atoms. The van der Waals surface area contributed by atoms with E-state index >= 15 is 0 Å². The van der Waals surface area contributed by atoms with Gasteiger partial charge in [0.25, 0.3) is 0 Å². The second kappa shape index (κ2) is 9.54. The van der Waals surface area contributed by atoms with E-state index < -0.39 is 15.9 Å². The molecule has 0 aliphatic heterocycles. The minimum absolute atomic E-state index is 0.00348. The van der Waals surface area contributed by atoms with Crippen molar-refractivity contribution >= 4 is 21.7 Å². The molecule has 0 bridgehead atoms. The quantitative estimate of drug-likeness (QED) is 0.725. The standard InChI is InChI=1S/C21H32N2O4S/c1-14(2)19(23-20(24)17-8-6-5-7-9-17)21(25)22-15(3)16-10-12-18(13-11-16)28(4,26)27/h10-15,17,19H,5-9H2,1-4H3,(H,22,25)(H,23,24)/t15-,19+/m1/s1. The Morgan fingerprint density at radius 3 is 2.04 bits per heavy atom. The number of benzene rings is 1. The van der Waals surface area contributed by atoms with E-state index in [1.54, 1.807) is 12.1 Å². The lowest BCUT2D eigenvalue weighted by Crippen LogP contribution is -2.51. The molecule has 1 aliphatic carbocycles. The molecule has 1 aliphatic rings. The first kappa shape index (κ1) is 22.4. The topological polar surface area (TPSA) is 92.3 Å². The largest absolute Gasteiger partial charge is 0.348 e. The summed E-state index contributed by atoms with van der Waals surface area (Å²) in [6, 6.07) is 5.59. The lowest BCUT2D eigenvalue weighted by Gasteiger charge is -2.27. The zero-order chi connectivity index (χ0) is 20.9. The molecule has 1 saturated carbocycles. The molecule has 2 amide bonds. The highest BCUT2D eigenvalue weighted by Crippen LogP contribution is 2.24. The maximum atomic E-state index is 12.8. The first-order valence-electron chi connectivity index (χ1n) is 10.0. The molecular formula is C21H32N2O4S. The minimum atomic E-state index is -3.25. The predicted octanol–water partition coefficient (Wildman–Crippen LogP) is 2.99. The van der Waals surface area contributed by atoms with Crippen LogP contribution in [0.25, 0.3) is 0 Å². The summed E-state index contributed by atoms with van der Waals surface area (Å²) in [5.74, 6) is -0.284. The lowest BCUT2D eigenvalue weighted by atomic mass is 9.88. The minimum Gasteiger partial charge on any atom is -0.348 e. The van der Waals surface area contributed by atoms with Crippen LogP contribution in [0.5, 0.6) is 0 Å². The Labute approximate surface area is 168 Å². The Morgan fingerprint density at radius 1 is 0.964 bits per heavy atom. The number of hydrogen-bond donors (Lipinski definition) is 2. The van der Waals surface area contributed by atoms with Crippen molar-refractivity contribution in [3.63, 3.8) is 0 Å². The Bertz CT molecular complexity index is 781. The van der Waals surface area contributed by atoms with Gasteiger partial charge in [0.1, 0.15) is 6.04 Å². The number of carbonyl (C=O) groups is 2. The number of amides is 2. The van der Waals surface area contributed by atoms with Crippen molar-refractivity contribution in [3.8, 4) is 0 Å². The molecule has 0 aromatic heterocycles. The average molecular weight is 409 g/mol. The van der Waals surface area contributed by atoms with E-state index in [1.807, 2.05) is 20.8 Å². The van der Waals surface area contributed by atoms with Gasteiger partial charge in [0.2, 0.25) is 11.8 Å². The van der Waals surface area contributed by atoms with Crippen LogP contribution in [0.15, 0.2) is 29.2 Å². The Kier molecular flexibility index (Phi) is 7.63. The Balaban J connectivity index is 2.01. The molecule has 6 nitrogen and oxygen atoms in total. The molecule has 0 heterocycles. The Hall–Kier alpha value is -1.89. The molecular weight excluding hydrogens is 376 g/mol. The number of carbonyl (C=O) groups excluding carboxylic acids is 2. The smallest absolute Gasteiger partial charge is 0.243 e. The maximum absolute atomic E-state index is 12.8. The van der Waals surface area contributed by atoms with E-state index in [2.05, 4.69) is 10.6 Å². The number of hydrogen-bond acceptors (Lipinski definition) is 4. The zero-order valence-electron chi connectivity index (χ0n) is 17.2. The maximum Gasteiger partial charge on any atom is 0.243 e. The van der Waals surface area contributed by atoms with Crippen molar-refractivity contribution < 1.29 is 18.0 Å². The van der Waals surface area contributed by atoms with Gasteiger partial charge < -0.3 is 10.6 Å². The molecule has 156 valence electrons. The zero-order valence-corrected chi connectivity index (χ0v) is 18.0. The van der Waals surface area contributed by atoms with Gasteiger partial charge in [0.05, 0.1) is 10.9 Å². The first-order valence-corrected chi connectivity index (χ1v) is 11.9. The van der Waals surface area contributed by atoms with Crippen LogP contribution in [0.4, 0.5) is 0 Å². The molecule has 7 heteroatoms. The average Bonchev–Trinajstić information content (AvgIpc) is 2.65. The van der Waals surface area contributed by atoms with Crippen molar-refractivity contribution in [1.29, 1.82) is 0 Å². The summed E-state index contributed by atoms with van der Waals surface area (Å²) in [6.45, 7) is 5.67. The van der Waals surface area contributed by atoms with E-state index in [1.165, 1.54) is 18.6 Å². The molecule has 2 rings (SSSR count). The van der Waals surface area contributed by atoms with E-state index in [9.17, 15) is 18.0 Å². The third-order valence-corrected chi connectivity index (χ3v) is 6.52. The Morgan fingerprint density at radius 2 is 1.54 bits per heavy atom. The summed E-state index contributed by atoms with van der Waals surface area (Å²) in [5.41, 5.74) is 0.807. The monoisotopic (exact) mass is 408 g/mol. The fourth-order valence-corrected chi connectivity index (χ4v) is 4.19. The number of nitrogens with one attached hydrogen (secondary N) is 2. The second-order valence-corrected chi connectivity index (χ2v) is 10.2. The fourth-order valence-electron chi connectivity index (χ4n) is 3.56. The van der Waals surface area contributed by atoms with Crippen LogP contribution in [-0.4, -0.2) is 32.5 Å². The predicted molar refractivity (Wildman–Crippen MR) is 109 cm³/mol. The highest BCUT2D eigenvalue weighted by molar-refractivity contribution is 7.90. The normalized spacial score (nSPS) is 17.8. The van der Waals surface area contributed by atoms with Gasteiger partial charge in [-0.15, -0.1) is 0 Å². The van der Waals surface area contributed by atoms with Gasteiger partial charge >= 0.3 is 0 Å². The second-order valence-electron chi connectivity index (χ2n) is 8.14. The van der Waals surface area contributed by atoms with Crippen LogP contribution in [0.3, 0.4) is 0 Å². The van der Waals surface area contributed by atoms with E-state index in [-0.39, 0.29) is 34.6 Å². The van der Waals surface area contributed by atoms with Crippen LogP contribution in [0.1, 0.15) is 64.5 Å². The summed E-state index contributed by atoms with van der Waals surface area (Å²) in [6.07, 6.45) is 6.25. The highest BCUT2D eigenvalue weighted by atomic mass is 32.2. The third-order valence-electron chi connectivity index (χ3n) is 5.39. The van der Waals surface area contributed by atoms with Crippen molar-refractivity contribution in [1.82, 2.24) is 10.6 Å². The van der Waals surface area contributed by atoms with Gasteiger partial charge in [-0.05, 0) is 43.4 Å². The van der Waals surface area contributed by atoms with Gasteiger partial charge in [0.15, 0.2) is 9.84 Å². The van der Waals surface area contributed by atoms with Crippen molar-refractivity contribution in [2.45, 2.75) is 69.9 Å². The first-order chi connectivity index (χ1) is 13.1. The molecule has 1 fully saturated rings. The summed E-state index contributed by atoms with van der Waals surface area (Å²) >= 11 is 0. The SMILES string of the molecule is CC(C)[C@H](NC(=O)C1CCCCC1)C(=O)N[C@H](C)c1ccc(S(C)(=O)=O)cc1. The molecule has 0 unspecified atom stereocenters. The van der Waals surface area contributed by atoms with E-state index in [0.29, 0.717) is 0 Å². The summed E-state index contributed by atoms with van der Waals surface area (Å²) in [7, 11) is -3.25. The van der Waals surface area contributed by atoms with Gasteiger partial charge in [0, 0.05) is 12.2 Å². The van der Waals surface area contributed by atoms with Crippen molar-refractivity contribution in [3.05, 3.63) is 29.8 Å². The van der Waals surface area contributed by atoms with E-state index in [4.69, 9.17) is 0 Å². The fraction of sp³-hybridized carbons (Fsp3) is 0.619. The van der Waals surface area contributed by atoms with Crippen molar-refractivity contribution in [2.75, 3.05) is 6.26 Å². The van der Waals surface area contributed by atoms with Gasteiger partial charge in [-0.3, -0.25) is 9.59 Å². The molecule has 2 N–H and O–H groups in total. The molecule has 0 spiro atoms. The molecule has 1 aromatic rings. The summed E-state index contributed by atoms with van der Waals surface area (Å²) < 4.78 is 23.2. The number of rotatable bonds is 7. The van der Waals surface area contributed by atoms with Crippen LogP contribution in [-0.2, 0) is 19.4 Å². The highest BCUT2D eigenvalue weighted by Gasteiger charge is 2.29. The van der Waals surface area contributed by atoms with Gasteiger partial charge in [-0.1, -0.05) is 45.2 Å². The van der Waals surface area contributed by atoms with Crippen LogP contribution >= 0.6 is 0 Å². The summed E-state index contributed by atoms with van der Waals surface area (Å²) in [5, 5.41) is 5.88. The molecule has 1 aromatic carbocycles. The van der Waals surface area contributed by atoms with Crippen LogP contribution in [0, 0.1) is 11.8 Å². The van der Waals surface area contributed by atoms with Crippen molar-refractivity contribution in [2.24, 2.45) is 11.8 Å². The van der Waals surface area contributed by atoms with E-state index in [0.717, 1.165) is 37.5 Å². The van der Waals surface area contributed by atoms with Gasteiger partial charge in [-0.2, -0.15) is 0 Å². The number of sulfone groups is 1. The molecule has 0 saturated heterocycles.